The normalized spacial score (nSPS) is 16.0. The Morgan fingerprint density at radius 1 is 1.16 bits per heavy atom. The largest absolute Gasteiger partial charge is 0.493 e. The van der Waals surface area contributed by atoms with Gasteiger partial charge in [-0.25, -0.2) is 0 Å². The van der Waals surface area contributed by atoms with Crippen LogP contribution in [0.15, 0.2) is 47.1 Å². The third-order valence-electron chi connectivity index (χ3n) is 6.06. The molecular formula is C25H30N2O4S. The van der Waals surface area contributed by atoms with E-state index in [0.29, 0.717) is 17.3 Å². The van der Waals surface area contributed by atoms with Gasteiger partial charge >= 0.3 is 0 Å². The van der Waals surface area contributed by atoms with Crippen LogP contribution in [0.3, 0.4) is 0 Å². The molecule has 1 aliphatic heterocycles. The predicted molar refractivity (Wildman–Crippen MR) is 127 cm³/mol. The number of benzene rings is 1. The molecule has 1 atom stereocenters. The van der Waals surface area contributed by atoms with Crippen molar-refractivity contribution in [3.8, 4) is 11.5 Å². The van der Waals surface area contributed by atoms with Gasteiger partial charge in [0.05, 0.1) is 26.5 Å². The van der Waals surface area contributed by atoms with Crippen LogP contribution in [0.4, 0.5) is 5.00 Å². The van der Waals surface area contributed by atoms with Gasteiger partial charge in [-0.1, -0.05) is 13.0 Å². The van der Waals surface area contributed by atoms with Crippen molar-refractivity contribution in [2.45, 2.75) is 32.7 Å². The second-order valence-electron chi connectivity index (χ2n) is 8.31. The summed E-state index contributed by atoms with van der Waals surface area (Å²) in [5.41, 5.74) is 2.21. The number of aryl methyl sites for hydroxylation is 1. The molecule has 32 heavy (non-hydrogen) atoms. The number of carbonyl (C=O) groups is 1. The number of ether oxygens (including phenoxy) is 2. The molecule has 1 N–H and O–H groups in total. The Morgan fingerprint density at radius 3 is 2.56 bits per heavy atom. The van der Waals surface area contributed by atoms with Gasteiger partial charge in [-0.2, -0.15) is 0 Å². The molecule has 1 amide bonds. The van der Waals surface area contributed by atoms with Crippen molar-refractivity contribution < 1.29 is 18.7 Å². The molecule has 0 unspecified atom stereocenters. The highest BCUT2D eigenvalue weighted by molar-refractivity contribution is 7.16. The summed E-state index contributed by atoms with van der Waals surface area (Å²) in [4.78, 5) is 16.4. The van der Waals surface area contributed by atoms with E-state index in [9.17, 15) is 4.79 Å². The molecule has 7 heteroatoms. The van der Waals surface area contributed by atoms with E-state index < -0.39 is 0 Å². The van der Waals surface area contributed by atoms with E-state index in [1.165, 1.54) is 6.26 Å². The number of likely N-dealkylation sites (tertiary alicyclic amines) is 1. The highest BCUT2D eigenvalue weighted by atomic mass is 32.1. The first-order valence-corrected chi connectivity index (χ1v) is 11.7. The fourth-order valence-electron chi connectivity index (χ4n) is 4.30. The van der Waals surface area contributed by atoms with Gasteiger partial charge in [-0.05, 0) is 74.7 Å². The van der Waals surface area contributed by atoms with Gasteiger partial charge in [0.1, 0.15) is 5.00 Å². The molecule has 2 aromatic heterocycles. The molecule has 1 aliphatic rings. The van der Waals surface area contributed by atoms with Gasteiger partial charge in [0.25, 0.3) is 5.91 Å². The number of hydrogen-bond acceptors (Lipinski definition) is 6. The summed E-state index contributed by atoms with van der Waals surface area (Å²) in [6.45, 7) is 6.38. The monoisotopic (exact) mass is 454 g/mol. The van der Waals surface area contributed by atoms with Crippen LogP contribution in [0.1, 0.15) is 52.4 Å². The number of hydrogen-bond donors (Lipinski definition) is 1. The fourth-order valence-corrected chi connectivity index (χ4v) is 5.24. The zero-order valence-electron chi connectivity index (χ0n) is 19.0. The number of rotatable bonds is 7. The number of thiophene rings is 1. The summed E-state index contributed by atoms with van der Waals surface area (Å²) in [6, 6.07) is 11.7. The summed E-state index contributed by atoms with van der Waals surface area (Å²) in [5.74, 6) is 2.19. The topological polar surface area (TPSA) is 63.9 Å². The lowest BCUT2D eigenvalue weighted by Crippen LogP contribution is -2.37. The van der Waals surface area contributed by atoms with Crippen LogP contribution in [0, 0.1) is 12.8 Å². The van der Waals surface area contributed by atoms with Crippen molar-refractivity contribution in [1.82, 2.24) is 4.90 Å². The average Bonchev–Trinajstić information content (AvgIpc) is 3.45. The maximum atomic E-state index is 12.8. The number of methoxy groups -OCH3 is 2. The number of nitrogens with zero attached hydrogens (tertiary/aromatic N) is 1. The van der Waals surface area contributed by atoms with Crippen LogP contribution in [0.25, 0.3) is 0 Å². The maximum absolute atomic E-state index is 12.8. The smallest absolute Gasteiger partial charge is 0.291 e. The van der Waals surface area contributed by atoms with Gasteiger partial charge in [-0.15, -0.1) is 11.3 Å². The number of carbonyl (C=O) groups excluding carboxylic acids is 1. The molecule has 4 rings (SSSR count). The lowest BCUT2D eigenvalue weighted by molar-refractivity contribution is 0.0996. The first-order chi connectivity index (χ1) is 15.5. The Balaban J connectivity index is 1.75. The third-order valence-corrected chi connectivity index (χ3v) is 7.04. The molecule has 0 saturated carbocycles. The van der Waals surface area contributed by atoms with E-state index in [1.54, 1.807) is 37.7 Å². The first-order valence-electron chi connectivity index (χ1n) is 10.9. The third kappa shape index (κ3) is 4.69. The molecule has 6 nitrogen and oxygen atoms in total. The Kier molecular flexibility index (Phi) is 6.86. The molecule has 1 aromatic carbocycles. The zero-order valence-corrected chi connectivity index (χ0v) is 19.8. The minimum absolute atomic E-state index is 0.000780. The molecule has 0 spiro atoms. The maximum Gasteiger partial charge on any atom is 0.291 e. The van der Waals surface area contributed by atoms with Gasteiger partial charge in [-0.3, -0.25) is 9.69 Å². The van der Waals surface area contributed by atoms with Gasteiger partial charge < -0.3 is 19.2 Å². The van der Waals surface area contributed by atoms with Gasteiger partial charge in [0.15, 0.2) is 17.3 Å². The minimum atomic E-state index is -0.239. The van der Waals surface area contributed by atoms with Crippen LogP contribution >= 0.6 is 11.3 Å². The van der Waals surface area contributed by atoms with Crippen LogP contribution < -0.4 is 14.8 Å². The second-order valence-corrected chi connectivity index (χ2v) is 9.56. The highest BCUT2D eigenvalue weighted by Gasteiger charge is 2.30. The Hall–Kier alpha value is -2.77. The summed E-state index contributed by atoms with van der Waals surface area (Å²) < 4.78 is 16.3. The van der Waals surface area contributed by atoms with E-state index in [2.05, 4.69) is 36.2 Å². The number of piperidine rings is 1. The Morgan fingerprint density at radius 2 is 1.91 bits per heavy atom. The number of anilines is 1. The summed E-state index contributed by atoms with van der Waals surface area (Å²) in [5, 5.41) is 3.94. The lowest BCUT2D eigenvalue weighted by atomic mass is 9.92. The van der Waals surface area contributed by atoms with Crippen molar-refractivity contribution in [1.29, 1.82) is 0 Å². The van der Waals surface area contributed by atoms with E-state index >= 15 is 0 Å². The van der Waals surface area contributed by atoms with Crippen LogP contribution in [-0.2, 0) is 0 Å². The molecule has 1 fully saturated rings. The summed E-state index contributed by atoms with van der Waals surface area (Å²) in [7, 11) is 3.30. The Labute approximate surface area is 193 Å². The van der Waals surface area contributed by atoms with Crippen molar-refractivity contribution in [2.75, 3.05) is 32.6 Å². The van der Waals surface area contributed by atoms with E-state index in [-0.39, 0.29) is 11.9 Å². The second kappa shape index (κ2) is 9.79. The molecule has 0 bridgehead atoms. The van der Waals surface area contributed by atoms with Gasteiger partial charge in [0, 0.05) is 10.4 Å². The minimum Gasteiger partial charge on any atom is -0.493 e. The molecule has 3 aromatic rings. The number of furan rings is 1. The van der Waals surface area contributed by atoms with E-state index in [4.69, 9.17) is 13.9 Å². The van der Waals surface area contributed by atoms with E-state index in [1.807, 2.05) is 12.1 Å². The van der Waals surface area contributed by atoms with Crippen LogP contribution in [-0.4, -0.2) is 38.1 Å². The Bertz CT molecular complexity index is 1050. The van der Waals surface area contributed by atoms with Gasteiger partial charge in [0.2, 0.25) is 0 Å². The highest BCUT2D eigenvalue weighted by Crippen LogP contribution is 2.42. The van der Waals surface area contributed by atoms with E-state index in [0.717, 1.165) is 52.9 Å². The number of nitrogens with one attached hydrogen (secondary N) is 1. The van der Waals surface area contributed by atoms with Crippen molar-refractivity contribution >= 4 is 22.2 Å². The molecule has 0 aliphatic carbocycles. The summed E-state index contributed by atoms with van der Waals surface area (Å²) >= 11 is 1.59. The first kappa shape index (κ1) is 22.4. The lowest BCUT2D eigenvalue weighted by Gasteiger charge is -2.37. The van der Waals surface area contributed by atoms with Crippen LogP contribution in [0.2, 0.25) is 0 Å². The summed E-state index contributed by atoms with van der Waals surface area (Å²) in [6.07, 6.45) is 3.82. The SMILES string of the molecule is COc1ccc([C@@H](c2cc(C)sc2NC(=O)c2ccco2)N2CCC(C)CC2)cc1OC. The molecular weight excluding hydrogens is 424 g/mol. The molecule has 3 heterocycles. The molecule has 170 valence electrons. The molecule has 0 radical (unpaired) electrons. The van der Waals surface area contributed by atoms with Crippen molar-refractivity contribution in [2.24, 2.45) is 5.92 Å². The average molecular weight is 455 g/mol. The van der Waals surface area contributed by atoms with Crippen molar-refractivity contribution in [3.63, 3.8) is 0 Å². The standard InChI is InChI=1S/C25H30N2O4S/c1-16-9-11-27(12-10-16)23(18-7-8-20(29-3)22(15-18)30-4)19-14-17(2)32-25(19)26-24(28)21-6-5-13-31-21/h5-8,13-16,23H,9-12H2,1-4H3,(H,26,28)/t23-/m0/s1. The fraction of sp³-hybridized carbons (Fsp3) is 0.400. The molecule has 1 saturated heterocycles. The van der Waals surface area contributed by atoms with Crippen molar-refractivity contribution in [3.05, 3.63) is 64.4 Å². The quantitative estimate of drug-likeness (QED) is 0.493. The van der Waals surface area contributed by atoms with Crippen LogP contribution in [0.5, 0.6) is 11.5 Å². The zero-order chi connectivity index (χ0) is 22.7. The number of amides is 1. The predicted octanol–water partition coefficient (Wildman–Crippen LogP) is 5.74.